The number of nitrogens with one attached hydrogen (secondary N) is 2. The Balaban J connectivity index is 1.34. The lowest BCUT2D eigenvalue weighted by Gasteiger charge is -2.10. The van der Waals surface area contributed by atoms with E-state index in [1.54, 1.807) is 55.6 Å². The highest BCUT2D eigenvalue weighted by molar-refractivity contribution is 6.09. The molecule has 0 aliphatic rings. The molecule has 0 aliphatic carbocycles. The third-order valence-corrected chi connectivity index (χ3v) is 4.88. The molecule has 160 valence electrons. The summed E-state index contributed by atoms with van der Waals surface area (Å²) in [5, 5.41) is 7.74. The highest BCUT2D eigenvalue weighted by atomic mass is 16.5. The van der Waals surface area contributed by atoms with Gasteiger partial charge in [0.05, 0.1) is 7.11 Å². The van der Waals surface area contributed by atoms with E-state index in [1.165, 1.54) is 0 Å². The van der Waals surface area contributed by atoms with Gasteiger partial charge in [-0.1, -0.05) is 42.5 Å². The number of rotatable bonds is 7. The second-order valence-corrected chi connectivity index (χ2v) is 7.07. The quantitative estimate of drug-likeness (QED) is 0.430. The molecule has 0 spiro atoms. The third-order valence-electron chi connectivity index (χ3n) is 4.88. The zero-order valence-electron chi connectivity index (χ0n) is 17.5. The van der Waals surface area contributed by atoms with Gasteiger partial charge >= 0.3 is 0 Å². The lowest BCUT2D eigenvalue weighted by atomic mass is 10.1. The van der Waals surface area contributed by atoms with Gasteiger partial charge in [-0.3, -0.25) is 9.59 Å². The van der Waals surface area contributed by atoms with E-state index in [1.807, 2.05) is 42.5 Å². The van der Waals surface area contributed by atoms with Crippen molar-refractivity contribution in [3.05, 3.63) is 96.6 Å². The molecule has 0 aliphatic heterocycles. The van der Waals surface area contributed by atoms with Crippen LogP contribution in [0.2, 0.25) is 0 Å². The Labute approximate surface area is 185 Å². The maximum absolute atomic E-state index is 12.7. The first-order valence-electron chi connectivity index (χ1n) is 10.1. The number of benzene rings is 4. The number of carbonyl (C=O) groups is 2. The summed E-state index contributed by atoms with van der Waals surface area (Å²) >= 11 is 0. The first kappa shape index (κ1) is 20.9. The van der Waals surface area contributed by atoms with Crippen LogP contribution in [0.3, 0.4) is 0 Å². The van der Waals surface area contributed by atoms with Crippen LogP contribution >= 0.6 is 0 Å². The van der Waals surface area contributed by atoms with Crippen LogP contribution in [0.5, 0.6) is 11.5 Å². The van der Waals surface area contributed by atoms with Crippen LogP contribution in [0, 0.1) is 0 Å². The van der Waals surface area contributed by atoms with E-state index < -0.39 is 0 Å². The summed E-state index contributed by atoms with van der Waals surface area (Å²) in [4.78, 5) is 24.8. The summed E-state index contributed by atoms with van der Waals surface area (Å²) in [7, 11) is 1.57. The number of ether oxygens (including phenoxy) is 2. The van der Waals surface area contributed by atoms with Crippen LogP contribution in [0.15, 0.2) is 91.0 Å². The zero-order valence-corrected chi connectivity index (χ0v) is 17.5. The molecule has 4 rings (SSSR count). The van der Waals surface area contributed by atoms with E-state index in [0.29, 0.717) is 22.7 Å². The van der Waals surface area contributed by atoms with Crippen LogP contribution in [-0.4, -0.2) is 25.5 Å². The molecule has 0 aromatic heterocycles. The molecular weight excluding hydrogens is 404 g/mol. The van der Waals surface area contributed by atoms with Crippen LogP contribution in [0.4, 0.5) is 11.4 Å². The van der Waals surface area contributed by atoms with Crippen molar-refractivity contribution in [2.24, 2.45) is 0 Å². The van der Waals surface area contributed by atoms with E-state index in [4.69, 9.17) is 9.47 Å². The van der Waals surface area contributed by atoms with E-state index in [2.05, 4.69) is 10.6 Å². The molecule has 4 aromatic carbocycles. The van der Waals surface area contributed by atoms with Crippen molar-refractivity contribution < 1.29 is 19.1 Å². The van der Waals surface area contributed by atoms with Gasteiger partial charge in [0.15, 0.2) is 6.61 Å². The molecule has 0 fully saturated rings. The Kier molecular flexibility index (Phi) is 6.32. The van der Waals surface area contributed by atoms with Crippen molar-refractivity contribution in [2.45, 2.75) is 0 Å². The first-order valence-corrected chi connectivity index (χ1v) is 10.1. The SMILES string of the molecule is COc1cccc(NC(=O)COc2ccc(C(=O)Nc3cccc4ccccc34)cc2)c1. The summed E-state index contributed by atoms with van der Waals surface area (Å²) in [6, 6.07) is 27.4. The molecule has 6 heteroatoms. The average molecular weight is 426 g/mol. The molecule has 0 unspecified atom stereocenters. The Hall–Kier alpha value is -4.32. The number of anilines is 2. The van der Waals surface area contributed by atoms with Crippen molar-refractivity contribution in [3.63, 3.8) is 0 Å². The molecule has 6 nitrogen and oxygen atoms in total. The van der Waals surface area contributed by atoms with Crippen LogP contribution in [-0.2, 0) is 4.79 Å². The molecule has 0 radical (unpaired) electrons. The van der Waals surface area contributed by atoms with Crippen LogP contribution < -0.4 is 20.1 Å². The molecule has 0 atom stereocenters. The maximum Gasteiger partial charge on any atom is 0.262 e. The van der Waals surface area contributed by atoms with Gasteiger partial charge in [-0.2, -0.15) is 0 Å². The molecule has 2 amide bonds. The number of amides is 2. The number of fused-ring (bicyclic) bond motifs is 1. The highest BCUT2D eigenvalue weighted by Crippen LogP contribution is 2.24. The summed E-state index contributed by atoms with van der Waals surface area (Å²) < 4.78 is 10.7. The summed E-state index contributed by atoms with van der Waals surface area (Å²) in [6.45, 7) is -0.154. The van der Waals surface area contributed by atoms with Gasteiger partial charge in [0.25, 0.3) is 11.8 Å². The van der Waals surface area contributed by atoms with Gasteiger partial charge in [0, 0.05) is 28.4 Å². The lowest BCUT2D eigenvalue weighted by molar-refractivity contribution is -0.118. The number of hydrogen-bond acceptors (Lipinski definition) is 4. The molecule has 0 saturated heterocycles. The molecule has 2 N–H and O–H groups in total. The predicted molar refractivity (Wildman–Crippen MR) is 125 cm³/mol. The predicted octanol–water partition coefficient (Wildman–Crippen LogP) is 5.12. The number of methoxy groups -OCH3 is 1. The summed E-state index contributed by atoms with van der Waals surface area (Å²) in [5.74, 6) is 0.633. The van der Waals surface area contributed by atoms with E-state index >= 15 is 0 Å². The first-order chi connectivity index (χ1) is 15.6. The Morgan fingerprint density at radius 3 is 2.34 bits per heavy atom. The van der Waals surface area contributed by atoms with Gasteiger partial charge in [0.2, 0.25) is 0 Å². The zero-order chi connectivity index (χ0) is 22.3. The largest absolute Gasteiger partial charge is 0.497 e. The molecule has 32 heavy (non-hydrogen) atoms. The number of hydrogen-bond donors (Lipinski definition) is 2. The van der Waals surface area contributed by atoms with Gasteiger partial charge in [-0.25, -0.2) is 0 Å². The number of carbonyl (C=O) groups excluding carboxylic acids is 2. The van der Waals surface area contributed by atoms with Crippen molar-refractivity contribution >= 4 is 34.0 Å². The fraction of sp³-hybridized carbons (Fsp3) is 0.0769. The fourth-order valence-electron chi connectivity index (χ4n) is 3.28. The van der Waals surface area contributed by atoms with Gasteiger partial charge in [-0.05, 0) is 47.9 Å². The van der Waals surface area contributed by atoms with Crippen molar-refractivity contribution in [3.8, 4) is 11.5 Å². The molecule has 4 aromatic rings. The van der Waals surface area contributed by atoms with Crippen molar-refractivity contribution in [2.75, 3.05) is 24.4 Å². The second-order valence-electron chi connectivity index (χ2n) is 7.07. The summed E-state index contributed by atoms with van der Waals surface area (Å²) in [6.07, 6.45) is 0. The lowest BCUT2D eigenvalue weighted by Crippen LogP contribution is -2.20. The topological polar surface area (TPSA) is 76.7 Å². The molecule has 0 bridgehead atoms. The molecular formula is C26H22N2O4. The van der Waals surface area contributed by atoms with E-state index in [-0.39, 0.29) is 18.4 Å². The van der Waals surface area contributed by atoms with Crippen molar-refractivity contribution in [1.29, 1.82) is 0 Å². The minimum Gasteiger partial charge on any atom is -0.497 e. The fourth-order valence-corrected chi connectivity index (χ4v) is 3.28. The van der Waals surface area contributed by atoms with Crippen LogP contribution in [0.25, 0.3) is 10.8 Å². The van der Waals surface area contributed by atoms with Crippen LogP contribution in [0.1, 0.15) is 10.4 Å². The smallest absolute Gasteiger partial charge is 0.262 e. The van der Waals surface area contributed by atoms with E-state index in [0.717, 1.165) is 16.5 Å². The van der Waals surface area contributed by atoms with Gasteiger partial charge in [0.1, 0.15) is 11.5 Å². The minimum atomic E-state index is -0.295. The van der Waals surface area contributed by atoms with Gasteiger partial charge in [-0.15, -0.1) is 0 Å². The Morgan fingerprint density at radius 1 is 0.781 bits per heavy atom. The van der Waals surface area contributed by atoms with Crippen molar-refractivity contribution in [1.82, 2.24) is 0 Å². The minimum absolute atomic E-state index is 0.154. The summed E-state index contributed by atoms with van der Waals surface area (Å²) in [5.41, 5.74) is 1.87. The molecule has 0 saturated carbocycles. The maximum atomic E-state index is 12.7. The average Bonchev–Trinajstić information content (AvgIpc) is 2.83. The standard InChI is InChI=1S/C26H22N2O4/c1-31-22-9-5-8-20(16-22)27-25(29)17-32-21-14-12-19(13-15-21)26(30)28-24-11-4-7-18-6-2-3-10-23(18)24/h2-16H,17H2,1H3,(H,27,29)(H,28,30). The Morgan fingerprint density at radius 2 is 1.53 bits per heavy atom. The third kappa shape index (κ3) is 5.05. The van der Waals surface area contributed by atoms with Gasteiger partial charge < -0.3 is 20.1 Å². The highest BCUT2D eigenvalue weighted by Gasteiger charge is 2.09. The monoisotopic (exact) mass is 426 g/mol. The second kappa shape index (κ2) is 9.66. The molecule has 0 heterocycles. The normalized spacial score (nSPS) is 10.4. The Bertz CT molecular complexity index is 1250. The van der Waals surface area contributed by atoms with E-state index in [9.17, 15) is 9.59 Å².